The predicted octanol–water partition coefficient (Wildman–Crippen LogP) is 1.68. The molecule has 2 N–H and O–H groups in total. The molecule has 8 nitrogen and oxygen atoms in total. The second-order valence-electron chi connectivity index (χ2n) is 8.51. The van der Waals surface area contributed by atoms with Crippen LogP contribution in [0.15, 0.2) is 24.3 Å². The Labute approximate surface area is 192 Å². The lowest BCUT2D eigenvalue weighted by Crippen LogP contribution is -2.49. The van der Waals surface area contributed by atoms with Crippen LogP contribution in [0.1, 0.15) is 23.9 Å². The summed E-state index contributed by atoms with van der Waals surface area (Å²) in [5.74, 6) is 1.35. The van der Waals surface area contributed by atoms with E-state index in [1.807, 2.05) is 29.8 Å². The molecule has 0 spiro atoms. The van der Waals surface area contributed by atoms with Gasteiger partial charge in [0.25, 0.3) is 0 Å². The van der Waals surface area contributed by atoms with Crippen molar-refractivity contribution in [2.75, 3.05) is 59.5 Å². The van der Waals surface area contributed by atoms with E-state index in [1.165, 1.54) is 5.69 Å². The van der Waals surface area contributed by atoms with Crippen molar-refractivity contribution in [2.45, 2.75) is 40.0 Å². The number of ether oxygens (including phenoxy) is 2. The predicted molar refractivity (Wildman–Crippen MR) is 126 cm³/mol. The Hall–Kier alpha value is -2.13. The number of aromatic nitrogens is 2. The van der Waals surface area contributed by atoms with Crippen molar-refractivity contribution in [1.82, 2.24) is 24.9 Å². The van der Waals surface area contributed by atoms with Crippen molar-refractivity contribution >= 4 is 0 Å². The molecule has 32 heavy (non-hydrogen) atoms. The van der Waals surface area contributed by atoms with Gasteiger partial charge in [-0.3, -0.25) is 9.58 Å². The number of piperazine rings is 1. The molecule has 0 saturated carbocycles. The number of methoxy groups -OCH3 is 1. The van der Waals surface area contributed by atoms with Crippen LogP contribution in [-0.4, -0.2) is 90.3 Å². The smallest absolute Gasteiger partial charge is 0.161 e. The SMILES string of the molecule is CCN1CCN(C[C@@H](O)COc2ccc(CNCCn3nc(C)cc3C)cc2OC)CC1. The Kier molecular flexibility index (Phi) is 9.35. The van der Waals surface area contributed by atoms with E-state index in [0.29, 0.717) is 18.0 Å². The number of hydrogen-bond acceptors (Lipinski definition) is 7. The normalized spacial score (nSPS) is 16.3. The first kappa shape index (κ1) is 24.5. The highest BCUT2D eigenvalue weighted by Crippen LogP contribution is 2.28. The van der Waals surface area contributed by atoms with Crippen LogP contribution >= 0.6 is 0 Å². The number of benzene rings is 1. The van der Waals surface area contributed by atoms with Crippen molar-refractivity contribution in [3.8, 4) is 11.5 Å². The number of nitrogens with zero attached hydrogens (tertiary/aromatic N) is 4. The molecule has 1 saturated heterocycles. The lowest BCUT2D eigenvalue weighted by Gasteiger charge is -2.34. The Morgan fingerprint density at radius 3 is 2.50 bits per heavy atom. The van der Waals surface area contributed by atoms with E-state index in [2.05, 4.69) is 40.1 Å². The van der Waals surface area contributed by atoms with Gasteiger partial charge in [-0.25, -0.2) is 0 Å². The van der Waals surface area contributed by atoms with Crippen molar-refractivity contribution in [2.24, 2.45) is 0 Å². The number of aliphatic hydroxyl groups is 1. The molecule has 1 atom stereocenters. The van der Waals surface area contributed by atoms with Crippen molar-refractivity contribution in [3.63, 3.8) is 0 Å². The molecule has 1 fully saturated rings. The van der Waals surface area contributed by atoms with Crippen LogP contribution in [0, 0.1) is 13.8 Å². The molecule has 2 heterocycles. The third-order valence-electron chi connectivity index (χ3n) is 5.97. The van der Waals surface area contributed by atoms with Crippen molar-refractivity contribution in [3.05, 3.63) is 41.2 Å². The van der Waals surface area contributed by atoms with Crippen LogP contribution in [-0.2, 0) is 13.1 Å². The second kappa shape index (κ2) is 12.2. The number of β-amino-alcohol motifs (C(OH)–C–C–N with tert-alkyl or cyclic N) is 1. The van der Waals surface area contributed by atoms with Gasteiger partial charge in [0.15, 0.2) is 11.5 Å². The highest BCUT2D eigenvalue weighted by Gasteiger charge is 2.19. The fraction of sp³-hybridized carbons (Fsp3) is 0.625. The van der Waals surface area contributed by atoms with Crippen LogP contribution in [0.25, 0.3) is 0 Å². The maximum atomic E-state index is 10.4. The quantitative estimate of drug-likeness (QED) is 0.482. The van der Waals surface area contributed by atoms with Gasteiger partial charge in [-0.05, 0) is 44.2 Å². The van der Waals surface area contributed by atoms with Gasteiger partial charge >= 0.3 is 0 Å². The van der Waals surface area contributed by atoms with Gasteiger partial charge in [-0.15, -0.1) is 0 Å². The fourth-order valence-electron chi connectivity index (χ4n) is 4.09. The summed E-state index contributed by atoms with van der Waals surface area (Å²) in [5.41, 5.74) is 3.35. The van der Waals surface area contributed by atoms with Gasteiger partial charge in [0, 0.05) is 51.5 Å². The van der Waals surface area contributed by atoms with Gasteiger partial charge in [0.05, 0.1) is 19.3 Å². The summed E-state index contributed by atoms with van der Waals surface area (Å²) in [6, 6.07) is 8.03. The summed E-state index contributed by atoms with van der Waals surface area (Å²) in [6.07, 6.45) is -0.524. The summed E-state index contributed by atoms with van der Waals surface area (Å²) < 4.78 is 13.4. The molecule has 0 radical (unpaired) electrons. The van der Waals surface area contributed by atoms with E-state index in [-0.39, 0.29) is 6.61 Å². The maximum Gasteiger partial charge on any atom is 0.161 e. The average Bonchev–Trinajstić information content (AvgIpc) is 3.12. The zero-order chi connectivity index (χ0) is 22.9. The summed E-state index contributed by atoms with van der Waals surface area (Å²) in [7, 11) is 1.64. The molecule has 1 aliphatic heterocycles. The number of rotatable bonds is 12. The van der Waals surface area contributed by atoms with Crippen molar-refractivity contribution in [1.29, 1.82) is 0 Å². The Morgan fingerprint density at radius 1 is 1.09 bits per heavy atom. The topological polar surface area (TPSA) is 75.0 Å². The van der Waals surface area contributed by atoms with Gasteiger partial charge in [0.2, 0.25) is 0 Å². The molecule has 1 aliphatic rings. The summed E-state index contributed by atoms with van der Waals surface area (Å²) in [6.45, 7) is 14.8. The summed E-state index contributed by atoms with van der Waals surface area (Å²) in [5, 5.41) is 18.4. The summed E-state index contributed by atoms with van der Waals surface area (Å²) in [4.78, 5) is 4.73. The first-order valence-electron chi connectivity index (χ1n) is 11.6. The standard InChI is InChI=1S/C24H39N5O3/c1-5-27-10-12-28(13-11-27)17-22(30)18-32-23-7-6-21(15-24(23)31-4)16-25-8-9-29-20(3)14-19(2)26-29/h6-7,14-15,22,25,30H,5,8-13,16-18H2,1-4H3/t22-/m1/s1. The van der Waals surface area contributed by atoms with Crippen LogP contribution in [0.3, 0.4) is 0 Å². The molecule has 1 aromatic carbocycles. The molecule has 8 heteroatoms. The minimum atomic E-state index is -0.524. The Bertz CT molecular complexity index is 833. The van der Waals surface area contributed by atoms with E-state index in [1.54, 1.807) is 7.11 Å². The van der Waals surface area contributed by atoms with Gasteiger partial charge in [-0.1, -0.05) is 13.0 Å². The lowest BCUT2D eigenvalue weighted by molar-refractivity contribution is 0.0464. The highest BCUT2D eigenvalue weighted by atomic mass is 16.5. The third-order valence-corrected chi connectivity index (χ3v) is 5.97. The third kappa shape index (κ3) is 7.20. The van der Waals surface area contributed by atoms with E-state index >= 15 is 0 Å². The highest BCUT2D eigenvalue weighted by molar-refractivity contribution is 5.43. The number of hydrogen-bond donors (Lipinski definition) is 2. The zero-order valence-corrected chi connectivity index (χ0v) is 20.0. The number of nitrogens with one attached hydrogen (secondary N) is 1. The van der Waals surface area contributed by atoms with Crippen LogP contribution < -0.4 is 14.8 Å². The van der Waals surface area contributed by atoms with Crippen LogP contribution in [0.4, 0.5) is 0 Å². The molecular formula is C24H39N5O3. The molecule has 0 aliphatic carbocycles. The number of aryl methyl sites for hydroxylation is 2. The van der Waals surface area contributed by atoms with Gasteiger partial charge in [0.1, 0.15) is 12.7 Å². The number of aliphatic hydroxyl groups excluding tert-OH is 1. The van der Waals surface area contributed by atoms with Crippen LogP contribution in [0.2, 0.25) is 0 Å². The maximum absolute atomic E-state index is 10.4. The monoisotopic (exact) mass is 445 g/mol. The average molecular weight is 446 g/mol. The van der Waals surface area contributed by atoms with Gasteiger partial charge in [-0.2, -0.15) is 5.10 Å². The van der Waals surface area contributed by atoms with Crippen LogP contribution in [0.5, 0.6) is 11.5 Å². The minimum Gasteiger partial charge on any atom is -0.493 e. The molecule has 178 valence electrons. The largest absolute Gasteiger partial charge is 0.493 e. The molecule has 1 aromatic heterocycles. The molecule has 2 aromatic rings. The summed E-state index contributed by atoms with van der Waals surface area (Å²) >= 11 is 0. The lowest BCUT2D eigenvalue weighted by atomic mass is 10.2. The molecular weight excluding hydrogens is 406 g/mol. The molecule has 0 unspecified atom stereocenters. The molecule has 3 rings (SSSR count). The molecule has 0 bridgehead atoms. The van der Waals surface area contributed by atoms with E-state index in [4.69, 9.17) is 9.47 Å². The number of likely N-dealkylation sites (N-methyl/N-ethyl adjacent to an activating group) is 1. The van der Waals surface area contributed by atoms with E-state index < -0.39 is 6.10 Å². The van der Waals surface area contributed by atoms with E-state index in [0.717, 1.165) is 63.6 Å². The first-order chi connectivity index (χ1) is 15.5. The first-order valence-corrected chi connectivity index (χ1v) is 11.6. The fourth-order valence-corrected chi connectivity index (χ4v) is 4.09. The van der Waals surface area contributed by atoms with Crippen molar-refractivity contribution < 1.29 is 14.6 Å². The zero-order valence-electron chi connectivity index (χ0n) is 20.0. The van der Waals surface area contributed by atoms with Gasteiger partial charge < -0.3 is 24.8 Å². The van der Waals surface area contributed by atoms with E-state index in [9.17, 15) is 5.11 Å². The molecule has 0 amide bonds. The Morgan fingerprint density at radius 2 is 1.84 bits per heavy atom. The second-order valence-corrected chi connectivity index (χ2v) is 8.51. The Balaban J connectivity index is 1.41. The minimum absolute atomic E-state index is 0.255.